The van der Waals surface area contributed by atoms with Gasteiger partial charge in [-0.15, -0.1) is 9.24 Å². The molecule has 0 radical (unpaired) electrons. The minimum atomic E-state index is -4.61. The maximum atomic E-state index is 13.3. The van der Waals surface area contributed by atoms with E-state index in [0.717, 1.165) is 31.7 Å². The zero-order chi connectivity index (χ0) is 27.3. The summed E-state index contributed by atoms with van der Waals surface area (Å²) in [5.74, 6) is 0.210. The molecule has 0 aliphatic carbocycles. The summed E-state index contributed by atoms with van der Waals surface area (Å²) in [7, 11) is 0.146. The van der Waals surface area contributed by atoms with Gasteiger partial charge in [0.15, 0.2) is 0 Å². The number of carbonyl (C=O) groups excluding carboxylic acids is 2. The van der Waals surface area contributed by atoms with Gasteiger partial charge in [-0.05, 0) is 48.5 Å². The Kier molecular flexibility index (Phi) is 14.8. The summed E-state index contributed by atoms with van der Waals surface area (Å²) < 4.78 is 54.8. The molecule has 3 N–H and O–H groups in total. The zero-order valence-corrected chi connectivity index (χ0v) is 23.6. The van der Waals surface area contributed by atoms with E-state index >= 15 is 0 Å². The molecule has 4 atom stereocenters. The molecule has 0 saturated heterocycles. The first-order valence-corrected chi connectivity index (χ1v) is 14.3. The van der Waals surface area contributed by atoms with Crippen molar-refractivity contribution in [2.75, 3.05) is 13.1 Å². The lowest BCUT2D eigenvalue weighted by Crippen LogP contribution is -2.47. The number of rotatable bonds is 16. The Morgan fingerprint density at radius 3 is 2.39 bits per heavy atom. The third-order valence-electron chi connectivity index (χ3n) is 5.67. The third-order valence-corrected chi connectivity index (χ3v) is 7.25. The van der Waals surface area contributed by atoms with E-state index < -0.39 is 28.8 Å². The second-order valence-corrected chi connectivity index (χ2v) is 11.5. The monoisotopic (exact) mass is 551 g/mol. The topological polar surface area (TPSA) is 87.3 Å². The van der Waals surface area contributed by atoms with Crippen molar-refractivity contribution in [1.82, 2.24) is 15.4 Å². The van der Waals surface area contributed by atoms with Gasteiger partial charge >= 0.3 is 6.18 Å². The molecule has 0 heterocycles. The van der Waals surface area contributed by atoms with Crippen LogP contribution >= 0.6 is 9.24 Å². The molecule has 1 rings (SSSR count). The summed E-state index contributed by atoms with van der Waals surface area (Å²) >= 11 is 0. The summed E-state index contributed by atoms with van der Waals surface area (Å²) in [6.45, 7) is 8.58. The largest absolute Gasteiger partial charge is 0.417 e. The number of amides is 2. The van der Waals surface area contributed by atoms with Crippen molar-refractivity contribution in [2.24, 2.45) is 11.8 Å². The SMILES string of the molecule is CCCCC(C)CCC(=O)NC(CC(C)C)C(=O)NCCCNS(=O)c1ccc(P)cc1C(F)(F)F. The Balaban J connectivity index is 2.52. The molecule has 1 aromatic rings. The second-order valence-electron chi connectivity index (χ2n) is 9.60. The van der Waals surface area contributed by atoms with Crippen LogP contribution in [0.5, 0.6) is 0 Å². The average Bonchev–Trinajstić information content (AvgIpc) is 2.79. The van der Waals surface area contributed by atoms with E-state index in [4.69, 9.17) is 0 Å². The van der Waals surface area contributed by atoms with Crippen molar-refractivity contribution in [2.45, 2.75) is 89.8 Å². The minimum Gasteiger partial charge on any atom is -0.354 e. The molecule has 11 heteroatoms. The number of alkyl halides is 3. The first-order valence-electron chi connectivity index (χ1n) is 12.5. The summed E-state index contributed by atoms with van der Waals surface area (Å²) in [5.41, 5.74) is -0.943. The van der Waals surface area contributed by atoms with Gasteiger partial charge in [0.25, 0.3) is 0 Å². The van der Waals surface area contributed by atoms with Crippen LogP contribution in [-0.2, 0) is 26.8 Å². The summed E-state index contributed by atoms with van der Waals surface area (Å²) in [4.78, 5) is 24.7. The Hall–Kier alpha value is -1.51. The van der Waals surface area contributed by atoms with Crippen LogP contribution in [0.1, 0.15) is 78.2 Å². The van der Waals surface area contributed by atoms with Crippen molar-refractivity contribution in [3.05, 3.63) is 23.8 Å². The number of unbranched alkanes of at least 4 members (excludes halogenated alkanes) is 1. The molecule has 0 aliphatic heterocycles. The van der Waals surface area contributed by atoms with Crippen LogP contribution in [0, 0.1) is 11.8 Å². The van der Waals surface area contributed by atoms with Crippen LogP contribution in [0.4, 0.5) is 13.2 Å². The van der Waals surface area contributed by atoms with Gasteiger partial charge in [0.05, 0.1) is 10.5 Å². The van der Waals surface area contributed by atoms with Crippen LogP contribution in [0.25, 0.3) is 0 Å². The van der Waals surface area contributed by atoms with Crippen LogP contribution in [0.15, 0.2) is 23.1 Å². The highest BCUT2D eigenvalue weighted by molar-refractivity contribution is 7.83. The summed E-state index contributed by atoms with van der Waals surface area (Å²) in [5, 5.41) is 5.96. The maximum Gasteiger partial charge on any atom is 0.417 e. The molecule has 2 amide bonds. The lowest BCUT2D eigenvalue weighted by Gasteiger charge is -2.21. The standard InChI is InChI=1S/C25H41F3N3O3PS/c1-5-6-8-18(4)9-12-23(32)31-21(15-17(2)3)24(33)29-13-7-14-30-36(34)22-11-10-19(35)16-20(22)25(26,27)28/h10-11,16-18,21,30H,5-9,12-15,35H2,1-4H3,(H,29,33)(H,31,32). The van der Waals surface area contributed by atoms with Crippen molar-refractivity contribution in [1.29, 1.82) is 0 Å². The number of carbonyl (C=O) groups is 2. The average molecular weight is 552 g/mol. The summed E-state index contributed by atoms with van der Waals surface area (Å²) in [6, 6.07) is 2.93. The molecule has 0 aromatic heterocycles. The van der Waals surface area contributed by atoms with Crippen molar-refractivity contribution in [3.8, 4) is 0 Å². The van der Waals surface area contributed by atoms with E-state index in [1.807, 2.05) is 13.8 Å². The van der Waals surface area contributed by atoms with Crippen molar-refractivity contribution < 1.29 is 27.0 Å². The number of nitrogens with one attached hydrogen (secondary N) is 3. The molecular formula is C25H41F3N3O3PS. The third kappa shape index (κ3) is 12.6. The van der Waals surface area contributed by atoms with Gasteiger partial charge in [0, 0.05) is 19.5 Å². The van der Waals surface area contributed by atoms with Crippen molar-refractivity contribution >= 4 is 37.3 Å². The zero-order valence-electron chi connectivity index (χ0n) is 21.7. The van der Waals surface area contributed by atoms with Crippen LogP contribution < -0.4 is 20.7 Å². The normalized spacial score (nSPS) is 14.4. The minimum absolute atomic E-state index is 0.143. The van der Waals surface area contributed by atoms with E-state index in [1.54, 1.807) is 0 Å². The molecule has 0 aliphatic rings. The Morgan fingerprint density at radius 2 is 1.78 bits per heavy atom. The molecule has 6 nitrogen and oxygen atoms in total. The highest BCUT2D eigenvalue weighted by Crippen LogP contribution is 2.33. The predicted octanol–water partition coefficient (Wildman–Crippen LogP) is 4.46. The van der Waals surface area contributed by atoms with Gasteiger partial charge in [-0.2, -0.15) is 13.2 Å². The fraction of sp³-hybridized carbons (Fsp3) is 0.680. The van der Waals surface area contributed by atoms with Crippen LogP contribution in [0.3, 0.4) is 0 Å². The van der Waals surface area contributed by atoms with Gasteiger partial charge in [-0.1, -0.05) is 53.0 Å². The lowest BCUT2D eigenvalue weighted by molar-refractivity contribution is -0.139. The Morgan fingerprint density at radius 1 is 1.08 bits per heavy atom. The summed E-state index contributed by atoms with van der Waals surface area (Å²) in [6.07, 6.45) is 0.737. The predicted molar refractivity (Wildman–Crippen MR) is 142 cm³/mol. The molecule has 4 unspecified atom stereocenters. The van der Waals surface area contributed by atoms with Crippen molar-refractivity contribution in [3.63, 3.8) is 0 Å². The van der Waals surface area contributed by atoms with E-state index in [2.05, 4.69) is 38.4 Å². The quantitative estimate of drug-likeness (QED) is 0.209. The van der Waals surface area contributed by atoms with Gasteiger partial charge in [-0.3, -0.25) is 9.59 Å². The maximum absolute atomic E-state index is 13.3. The molecule has 0 bridgehead atoms. The molecule has 1 aromatic carbocycles. The first kappa shape index (κ1) is 32.5. The van der Waals surface area contributed by atoms with Crippen LogP contribution in [-0.4, -0.2) is 35.2 Å². The van der Waals surface area contributed by atoms with E-state index in [1.165, 1.54) is 12.1 Å². The molecule has 0 fully saturated rings. The van der Waals surface area contributed by atoms with Gasteiger partial charge in [0.2, 0.25) is 11.8 Å². The van der Waals surface area contributed by atoms with E-state index in [9.17, 15) is 27.0 Å². The van der Waals surface area contributed by atoms with E-state index in [-0.39, 0.29) is 35.7 Å². The second kappa shape index (κ2) is 16.4. The molecule has 0 saturated carbocycles. The van der Waals surface area contributed by atoms with E-state index in [0.29, 0.717) is 30.5 Å². The van der Waals surface area contributed by atoms with Crippen LogP contribution in [0.2, 0.25) is 0 Å². The Labute approximate surface area is 218 Å². The highest BCUT2D eigenvalue weighted by Gasteiger charge is 2.35. The molecule has 36 heavy (non-hydrogen) atoms. The molecular weight excluding hydrogens is 510 g/mol. The number of hydrogen-bond acceptors (Lipinski definition) is 3. The number of benzene rings is 1. The fourth-order valence-corrected chi connectivity index (χ4v) is 4.95. The highest BCUT2D eigenvalue weighted by atomic mass is 32.2. The van der Waals surface area contributed by atoms with Gasteiger partial charge < -0.3 is 10.6 Å². The Bertz CT molecular complexity index is 869. The van der Waals surface area contributed by atoms with Gasteiger partial charge in [-0.25, -0.2) is 8.93 Å². The number of halogens is 3. The fourth-order valence-electron chi connectivity index (χ4n) is 3.64. The first-order chi connectivity index (χ1) is 16.8. The smallest absolute Gasteiger partial charge is 0.354 e. The van der Waals surface area contributed by atoms with Gasteiger partial charge in [0.1, 0.15) is 17.0 Å². The molecule has 206 valence electrons. The number of hydrogen-bond donors (Lipinski definition) is 3. The molecule has 0 spiro atoms. The lowest BCUT2D eigenvalue weighted by atomic mass is 9.98.